The molecule has 1 rings (SSSR count). The number of nitrogens with one attached hydrogen (secondary N) is 2. The van der Waals surface area contributed by atoms with E-state index in [0.29, 0.717) is 19.3 Å². The van der Waals surface area contributed by atoms with Gasteiger partial charge >= 0.3 is 0 Å². The van der Waals surface area contributed by atoms with Crippen LogP contribution in [0.25, 0.3) is 0 Å². The molecule has 0 aliphatic carbocycles. The Morgan fingerprint density at radius 1 is 1.56 bits per heavy atom. The van der Waals surface area contributed by atoms with Crippen molar-refractivity contribution in [3.8, 4) is 0 Å². The SMILES string of the molecule is CCOCC(C)NC(=O)C1CCCC(C)N1. The second-order valence-corrected chi connectivity index (χ2v) is 4.62. The van der Waals surface area contributed by atoms with Gasteiger partial charge in [-0.05, 0) is 40.0 Å². The quantitative estimate of drug-likeness (QED) is 0.739. The third-order valence-electron chi connectivity index (χ3n) is 2.89. The van der Waals surface area contributed by atoms with Gasteiger partial charge in [-0.3, -0.25) is 4.79 Å². The van der Waals surface area contributed by atoms with Crippen molar-refractivity contribution in [3.05, 3.63) is 0 Å². The molecular formula is C12H24N2O2. The van der Waals surface area contributed by atoms with Gasteiger partial charge in [0.15, 0.2) is 0 Å². The van der Waals surface area contributed by atoms with Crippen molar-refractivity contribution in [2.24, 2.45) is 0 Å². The summed E-state index contributed by atoms with van der Waals surface area (Å²) < 4.78 is 5.27. The van der Waals surface area contributed by atoms with E-state index in [2.05, 4.69) is 17.6 Å². The molecule has 1 aliphatic heterocycles. The molecule has 1 heterocycles. The molecule has 4 heteroatoms. The summed E-state index contributed by atoms with van der Waals surface area (Å²) in [5.41, 5.74) is 0. The number of carbonyl (C=O) groups excluding carboxylic acids is 1. The second-order valence-electron chi connectivity index (χ2n) is 4.62. The van der Waals surface area contributed by atoms with E-state index < -0.39 is 0 Å². The van der Waals surface area contributed by atoms with Gasteiger partial charge in [-0.1, -0.05) is 0 Å². The summed E-state index contributed by atoms with van der Waals surface area (Å²) in [6, 6.07) is 0.519. The van der Waals surface area contributed by atoms with Crippen LogP contribution >= 0.6 is 0 Å². The highest BCUT2D eigenvalue weighted by atomic mass is 16.5. The maximum atomic E-state index is 11.9. The van der Waals surface area contributed by atoms with E-state index in [1.165, 1.54) is 0 Å². The number of amides is 1. The van der Waals surface area contributed by atoms with Crippen LogP contribution in [0.5, 0.6) is 0 Å². The van der Waals surface area contributed by atoms with Gasteiger partial charge in [0.05, 0.1) is 12.6 Å². The van der Waals surface area contributed by atoms with E-state index in [4.69, 9.17) is 4.74 Å². The van der Waals surface area contributed by atoms with Crippen molar-refractivity contribution in [1.82, 2.24) is 10.6 Å². The fourth-order valence-electron chi connectivity index (χ4n) is 2.02. The third-order valence-corrected chi connectivity index (χ3v) is 2.89. The van der Waals surface area contributed by atoms with Crippen LogP contribution in [-0.2, 0) is 9.53 Å². The first-order valence-electron chi connectivity index (χ1n) is 6.27. The molecule has 16 heavy (non-hydrogen) atoms. The largest absolute Gasteiger partial charge is 0.380 e. The minimum absolute atomic E-state index is 0.0205. The smallest absolute Gasteiger partial charge is 0.237 e. The molecule has 0 aromatic heterocycles. The third kappa shape index (κ3) is 4.49. The van der Waals surface area contributed by atoms with Crippen molar-refractivity contribution in [2.75, 3.05) is 13.2 Å². The fraction of sp³-hybridized carbons (Fsp3) is 0.917. The highest BCUT2D eigenvalue weighted by molar-refractivity contribution is 5.82. The average Bonchev–Trinajstić information content (AvgIpc) is 2.26. The van der Waals surface area contributed by atoms with Crippen LogP contribution in [0.15, 0.2) is 0 Å². The molecule has 0 spiro atoms. The van der Waals surface area contributed by atoms with Gasteiger partial charge in [0, 0.05) is 18.7 Å². The maximum Gasteiger partial charge on any atom is 0.237 e. The van der Waals surface area contributed by atoms with Gasteiger partial charge in [-0.25, -0.2) is 0 Å². The van der Waals surface area contributed by atoms with Crippen LogP contribution in [0.1, 0.15) is 40.0 Å². The molecule has 94 valence electrons. The molecular weight excluding hydrogens is 204 g/mol. The first-order valence-corrected chi connectivity index (χ1v) is 6.27. The highest BCUT2D eigenvalue weighted by Gasteiger charge is 2.24. The molecule has 0 aromatic carbocycles. The van der Waals surface area contributed by atoms with E-state index in [1.54, 1.807) is 0 Å². The number of ether oxygens (including phenoxy) is 1. The molecule has 0 aromatic rings. The molecule has 0 radical (unpaired) electrons. The van der Waals surface area contributed by atoms with Crippen molar-refractivity contribution in [3.63, 3.8) is 0 Å². The van der Waals surface area contributed by atoms with E-state index in [0.717, 1.165) is 19.3 Å². The van der Waals surface area contributed by atoms with Crippen LogP contribution in [0.4, 0.5) is 0 Å². The molecule has 1 fully saturated rings. The van der Waals surface area contributed by atoms with Gasteiger partial charge in [0.1, 0.15) is 0 Å². The molecule has 2 N–H and O–H groups in total. The maximum absolute atomic E-state index is 11.9. The number of piperidine rings is 1. The van der Waals surface area contributed by atoms with Gasteiger partial charge in [0.25, 0.3) is 0 Å². The monoisotopic (exact) mass is 228 g/mol. The summed E-state index contributed by atoms with van der Waals surface area (Å²) in [7, 11) is 0. The molecule has 4 nitrogen and oxygen atoms in total. The van der Waals surface area contributed by atoms with Gasteiger partial charge in [-0.2, -0.15) is 0 Å². The number of hydrogen-bond acceptors (Lipinski definition) is 3. The molecule has 3 unspecified atom stereocenters. The van der Waals surface area contributed by atoms with E-state index in [9.17, 15) is 4.79 Å². The number of carbonyl (C=O) groups is 1. The Kier molecular flexibility index (Phi) is 5.77. The Balaban J connectivity index is 2.27. The van der Waals surface area contributed by atoms with Crippen LogP contribution in [0.3, 0.4) is 0 Å². The fourth-order valence-corrected chi connectivity index (χ4v) is 2.02. The van der Waals surface area contributed by atoms with Crippen molar-refractivity contribution < 1.29 is 9.53 Å². The Bertz CT molecular complexity index is 221. The molecule has 3 atom stereocenters. The predicted octanol–water partition coefficient (Wildman–Crippen LogP) is 1.06. The minimum atomic E-state index is -0.0205. The summed E-state index contributed by atoms with van der Waals surface area (Å²) in [6.45, 7) is 7.34. The first kappa shape index (κ1) is 13.5. The lowest BCUT2D eigenvalue weighted by Crippen LogP contribution is -2.52. The van der Waals surface area contributed by atoms with E-state index >= 15 is 0 Å². The predicted molar refractivity (Wildman–Crippen MR) is 64.3 cm³/mol. The van der Waals surface area contributed by atoms with Gasteiger partial charge < -0.3 is 15.4 Å². The van der Waals surface area contributed by atoms with Crippen LogP contribution in [-0.4, -0.2) is 37.2 Å². The minimum Gasteiger partial charge on any atom is -0.380 e. The summed E-state index contributed by atoms with van der Waals surface area (Å²) in [4.78, 5) is 11.9. The van der Waals surface area contributed by atoms with E-state index in [-0.39, 0.29) is 18.0 Å². The Hall–Kier alpha value is -0.610. The number of rotatable bonds is 5. The highest BCUT2D eigenvalue weighted by Crippen LogP contribution is 2.12. The first-order chi connectivity index (χ1) is 7.63. The van der Waals surface area contributed by atoms with Gasteiger partial charge in [0.2, 0.25) is 5.91 Å². The second kappa shape index (κ2) is 6.86. The van der Waals surface area contributed by atoms with Crippen LogP contribution in [0, 0.1) is 0 Å². The number of hydrogen-bond donors (Lipinski definition) is 2. The van der Waals surface area contributed by atoms with E-state index in [1.807, 2.05) is 13.8 Å². The van der Waals surface area contributed by atoms with Crippen molar-refractivity contribution in [2.45, 2.75) is 58.2 Å². The molecule has 0 bridgehead atoms. The van der Waals surface area contributed by atoms with Crippen LogP contribution in [0.2, 0.25) is 0 Å². The lowest BCUT2D eigenvalue weighted by atomic mass is 9.99. The molecule has 1 aliphatic rings. The Labute approximate surface area is 98.1 Å². The van der Waals surface area contributed by atoms with Gasteiger partial charge in [-0.15, -0.1) is 0 Å². The zero-order chi connectivity index (χ0) is 12.0. The standard InChI is InChI=1S/C12H24N2O2/c1-4-16-8-10(3)14-12(15)11-7-5-6-9(2)13-11/h9-11,13H,4-8H2,1-3H3,(H,14,15). The average molecular weight is 228 g/mol. The Morgan fingerprint density at radius 3 is 2.94 bits per heavy atom. The van der Waals surface area contributed by atoms with Crippen LogP contribution < -0.4 is 10.6 Å². The molecule has 1 saturated heterocycles. The normalized spacial score (nSPS) is 27.4. The topological polar surface area (TPSA) is 50.4 Å². The van der Waals surface area contributed by atoms with Crippen molar-refractivity contribution >= 4 is 5.91 Å². The summed E-state index contributed by atoms with van der Waals surface area (Å²) in [6.07, 6.45) is 3.24. The zero-order valence-corrected chi connectivity index (χ0v) is 10.6. The molecule has 0 saturated carbocycles. The lowest BCUT2D eigenvalue weighted by Gasteiger charge is -2.28. The lowest BCUT2D eigenvalue weighted by molar-refractivity contribution is -0.125. The summed E-state index contributed by atoms with van der Waals surface area (Å²) in [5.74, 6) is 0.110. The summed E-state index contributed by atoms with van der Waals surface area (Å²) in [5, 5.41) is 6.30. The summed E-state index contributed by atoms with van der Waals surface area (Å²) >= 11 is 0. The van der Waals surface area contributed by atoms with Crippen molar-refractivity contribution in [1.29, 1.82) is 0 Å². The zero-order valence-electron chi connectivity index (χ0n) is 10.6. The molecule has 1 amide bonds. The Morgan fingerprint density at radius 2 is 2.31 bits per heavy atom.